The van der Waals surface area contributed by atoms with Crippen molar-refractivity contribution in [2.45, 2.75) is 38.5 Å². The predicted octanol–water partition coefficient (Wildman–Crippen LogP) is 4.51. The second-order valence-corrected chi connectivity index (χ2v) is 13.4. The summed E-state index contributed by atoms with van der Waals surface area (Å²) in [6.45, 7) is 3.91. The molecule has 1 N–H and O–H groups in total. The van der Waals surface area contributed by atoms with E-state index in [0.717, 1.165) is 11.7 Å². The number of hydrogen-bond acceptors (Lipinski definition) is 4. The van der Waals surface area contributed by atoms with Gasteiger partial charge in [0.2, 0.25) is 0 Å². The number of thiophene rings is 1. The number of benzene rings is 1. The quantitative estimate of drug-likeness (QED) is 0.320. The summed E-state index contributed by atoms with van der Waals surface area (Å²) in [7, 11) is -1.81. The summed E-state index contributed by atoms with van der Waals surface area (Å²) < 4.78 is 0. The monoisotopic (exact) mass is 403 g/mol. The van der Waals surface area contributed by atoms with Crippen LogP contribution < -0.4 is 5.32 Å². The Balaban J connectivity index is 1.82. The zero-order chi connectivity index (χ0) is 19.4. The molecule has 1 unspecified atom stereocenters. The average Bonchev–Trinajstić information content (AvgIpc) is 3.29. The number of hydrogen-bond donors (Lipinski definition) is 1. The van der Waals surface area contributed by atoms with E-state index < -0.39 is 13.0 Å². The van der Waals surface area contributed by atoms with Gasteiger partial charge in [0.05, 0.1) is 0 Å². The maximum absolute atomic E-state index is 13.1. The van der Waals surface area contributed by atoms with Crippen LogP contribution in [0.25, 0.3) is 0 Å². The third kappa shape index (κ3) is 4.20. The fourth-order valence-electron chi connectivity index (χ4n) is 4.19. The first kappa shape index (κ1) is 19.9. The molecular formula is C21H26NO3PS. The Morgan fingerprint density at radius 3 is 2.52 bits per heavy atom. The van der Waals surface area contributed by atoms with Crippen LogP contribution in [-0.2, 0) is 15.8 Å². The van der Waals surface area contributed by atoms with Crippen molar-refractivity contribution in [2.75, 3.05) is 17.6 Å². The van der Waals surface area contributed by atoms with Crippen LogP contribution in [0.2, 0.25) is 0 Å². The van der Waals surface area contributed by atoms with Crippen LogP contribution in [0.3, 0.4) is 0 Å². The van der Waals surface area contributed by atoms with Crippen molar-refractivity contribution >= 4 is 42.3 Å². The van der Waals surface area contributed by atoms with Crippen LogP contribution in [0.4, 0.5) is 5.69 Å². The Hall–Kier alpha value is -1.84. The van der Waals surface area contributed by atoms with Crippen molar-refractivity contribution in [1.29, 1.82) is 0 Å². The molecule has 144 valence electrons. The Morgan fingerprint density at radius 2 is 1.89 bits per heavy atom. The van der Waals surface area contributed by atoms with Crippen molar-refractivity contribution in [2.24, 2.45) is 0 Å². The summed E-state index contributed by atoms with van der Waals surface area (Å²) in [6.07, 6.45) is 6.06. The normalized spacial score (nSPS) is 17.9. The number of aryl methyl sites for hydroxylation is 1. The van der Waals surface area contributed by atoms with Gasteiger partial charge in [0, 0.05) is 0 Å². The van der Waals surface area contributed by atoms with Gasteiger partial charge in [0.25, 0.3) is 0 Å². The summed E-state index contributed by atoms with van der Waals surface area (Å²) in [4.78, 5) is 36.2. The fraction of sp³-hybridized carbons (Fsp3) is 0.381. The van der Waals surface area contributed by atoms with Crippen molar-refractivity contribution in [3.8, 4) is 0 Å². The number of carbonyl (C=O) groups excluding carboxylic acids is 3. The van der Waals surface area contributed by atoms with Crippen molar-refractivity contribution in [3.63, 3.8) is 0 Å². The minimum absolute atomic E-state index is 0.0130. The Bertz CT molecular complexity index is 840. The van der Waals surface area contributed by atoms with E-state index in [-0.39, 0.29) is 11.6 Å². The molecular weight excluding hydrogens is 377 g/mol. The molecule has 2 heterocycles. The molecule has 27 heavy (non-hydrogen) atoms. The van der Waals surface area contributed by atoms with E-state index in [9.17, 15) is 14.4 Å². The van der Waals surface area contributed by atoms with Crippen LogP contribution in [0, 0.1) is 6.92 Å². The summed E-state index contributed by atoms with van der Waals surface area (Å²) in [6, 6.07) is 10.4. The molecule has 0 aliphatic carbocycles. The van der Waals surface area contributed by atoms with Gasteiger partial charge in [-0.25, -0.2) is 0 Å². The molecule has 1 saturated heterocycles. The molecule has 1 amide bonds. The van der Waals surface area contributed by atoms with E-state index in [1.165, 1.54) is 42.1 Å². The van der Waals surface area contributed by atoms with Gasteiger partial charge in [-0.15, -0.1) is 0 Å². The molecule has 0 spiro atoms. The van der Waals surface area contributed by atoms with Crippen molar-refractivity contribution < 1.29 is 14.4 Å². The van der Waals surface area contributed by atoms with E-state index in [1.54, 1.807) is 0 Å². The summed E-state index contributed by atoms with van der Waals surface area (Å²) in [5.41, 5.74) is 2.61. The number of nitrogens with one attached hydrogen (secondary N) is 1. The van der Waals surface area contributed by atoms with E-state index in [2.05, 4.69) is 36.5 Å². The SMILES string of the molecule is Cc1csc(C(=O)C=O)c1NC(=O)C(C)[PH]1(Cc2ccccc2)CCCC1. The third-order valence-electron chi connectivity index (χ3n) is 5.86. The van der Waals surface area contributed by atoms with Crippen LogP contribution in [0.1, 0.15) is 40.6 Å². The van der Waals surface area contributed by atoms with Crippen LogP contribution in [0.15, 0.2) is 35.7 Å². The van der Waals surface area contributed by atoms with E-state index in [4.69, 9.17) is 0 Å². The molecule has 1 atom stereocenters. The Morgan fingerprint density at radius 1 is 1.22 bits per heavy atom. The van der Waals surface area contributed by atoms with Crippen molar-refractivity contribution in [1.82, 2.24) is 0 Å². The number of amides is 1. The fourth-order valence-corrected chi connectivity index (χ4v) is 10.5. The Kier molecular flexibility index (Phi) is 6.23. The molecule has 1 aromatic heterocycles. The third-order valence-corrected chi connectivity index (χ3v) is 12.9. The van der Waals surface area contributed by atoms with Gasteiger partial charge in [0.1, 0.15) is 0 Å². The second kappa shape index (κ2) is 8.45. The standard InChI is InChI=1S/C21H26NO3PS/c1-15-14-27-20(18(24)12-23)19(15)22-21(25)16(2)26(10-6-7-11-26)13-17-8-4-3-5-9-17/h3-5,8-9,12,14,16,26H,6-7,10-11,13H2,1-2H3,(H,22,25). The number of anilines is 1. The van der Waals surface area contributed by atoms with Crippen LogP contribution >= 0.6 is 18.6 Å². The van der Waals surface area contributed by atoms with Gasteiger partial charge in [0.15, 0.2) is 0 Å². The number of ketones is 1. The topological polar surface area (TPSA) is 63.2 Å². The van der Waals surface area contributed by atoms with Gasteiger partial charge >= 0.3 is 165 Å². The molecule has 0 saturated carbocycles. The summed E-state index contributed by atoms with van der Waals surface area (Å²) in [5.74, 6) is -0.589. The molecule has 1 aromatic carbocycles. The maximum atomic E-state index is 13.1. The second-order valence-electron chi connectivity index (χ2n) is 7.55. The molecule has 4 nitrogen and oxygen atoms in total. The van der Waals surface area contributed by atoms with Gasteiger partial charge in [-0.2, -0.15) is 0 Å². The minimum atomic E-state index is -1.81. The zero-order valence-corrected chi connectivity index (χ0v) is 17.6. The van der Waals surface area contributed by atoms with E-state index in [1.807, 2.05) is 18.4 Å². The summed E-state index contributed by atoms with van der Waals surface area (Å²) in [5, 5.41) is 4.80. The zero-order valence-electron chi connectivity index (χ0n) is 15.8. The van der Waals surface area contributed by atoms with Crippen LogP contribution in [-0.4, -0.2) is 36.0 Å². The van der Waals surface area contributed by atoms with E-state index >= 15 is 0 Å². The number of Topliss-reactive ketones (excluding diaryl/α,β-unsaturated/α-hetero) is 1. The molecule has 1 aliphatic rings. The molecule has 6 heteroatoms. The first-order valence-electron chi connectivity index (χ1n) is 9.39. The van der Waals surface area contributed by atoms with Gasteiger partial charge < -0.3 is 0 Å². The van der Waals surface area contributed by atoms with Crippen LogP contribution in [0.5, 0.6) is 0 Å². The van der Waals surface area contributed by atoms with Gasteiger partial charge in [-0.3, -0.25) is 0 Å². The van der Waals surface area contributed by atoms with Crippen molar-refractivity contribution in [3.05, 3.63) is 51.7 Å². The molecule has 2 aromatic rings. The molecule has 3 rings (SSSR count). The summed E-state index contributed by atoms with van der Waals surface area (Å²) >= 11 is 1.21. The average molecular weight is 403 g/mol. The first-order valence-corrected chi connectivity index (χ1v) is 13.0. The number of aldehydes is 1. The van der Waals surface area contributed by atoms with Gasteiger partial charge in [-0.1, -0.05) is 0 Å². The predicted molar refractivity (Wildman–Crippen MR) is 115 cm³/mol. The Labute approximate surface area is 164 Å². The first-order chi connectivity index (χ1) is 13.0. The molecule has 0 bridgehead atoms. The molecule has 1 aliphatic heterocycles. The van der Waals surface area contributed by atoms with E-state index in [0.29, 0.717) is 16.9 Å². The molecule has 0 radical (unpaired) electrons. The number of rotatable bonds is 7. The molecule has 1 fully saturated rings. The van der Waals surface area contributed by atoms with Gasteiger partial charge in [-0.05, 0) is 0 Å². The number of carbonyl (C=O) groups is 3.